The zero-order chi connectivity index (χ0) is 21.4. The molecule has 0 atom stereocenters. The fourth-order valence-electron chi connectivity index (χ4n) is 5.79. The van der Waals surface area contributed by atoms with Gasteiger partial charge in [-0.15, -0.1) is 5.10 Å². The van der Waals surface area contributed by atoms with Crippen molar-refractivity contribution in [1.82, 2.24) is 39.7 Å². The average Bonchev–Trinajstić information content (AvgIpc) is 3.24. The Morgan fingerprint density at radius 3 is 2.35 bits per heavy atom. The van der Waals surface area contributed by atoms with Gasteiger partial charge < -0.3 is 9.80 Å². The van der Waals surface area contributed by atoms with Gasteiger partial charge in [-0.1, -0.05) is 0 Å². The summed E-state index contributed by atoms with van der Waals surface area (Å²) >= 11 is 0. The first-order valence-corrected chi connectivity index (χ1v) is 10.5. The Kier molecular flexibility index (Phi) is 3.82. The third-order valence-corrected chi connectivity index (χ3v) is 7.19. The van der Waals surface area contributed by atoms with Crippen molar-refractivity contribution in [3.63, 3.8) is 0 Å². The fraction of sp³-hybridized carbons (Fsp3) is 0.684. The molecule has 1 saturated carbocycles. The lowest BCUT2D eigenvalue weighted by atomic mass is 9.60. The molecule has 4 aliphatic rings. The highest BCUT2D eigenvalue weighted by atomic mass is 19.4. The largest absolute Gasteiger partial charge is 0.453 e. The van der Waals surface area contributed by atoms with Gasteiger partial charge in [0.15, 0.2) is 0 Å². The lowest BCUT2D eigenvalue weighted by molar-refractivity contribution is -0.145. The summed E-state index contributed by atoms with van der Waals surface area (Å²) < 4.78 is 39.3. The number of nitrogens with one attached hydrogen (secondary N) is 1. The molecule has 1 aliphatic carbocycles. The fourth-order valence-corrected chi connectivity index (χ4v) is 5.79. The van der Waals surface area contributed by atoms with Gasteiger partial charge in [-0.3, -0.25) is 10.00 Å². The Labute approximate surface area is 176 Å². The van der Waals surface area contributed by atoms with Gasteiger partial charge in [-0.25, -0.2) is 14.5 Å². The quantitative estimate of drug-likeness (QED) is 0.790. The minimum atomic E-state index is -4.52. The Morgan fingerprint density at radius 1 is 1.10 bits per heavy atom. The van der Waals surface area contributed by atoms with E-state index < -0.39 is 12.0 Å². The highest BCUT2D eigenvalue weighted by Crippen LogP contribution is 2.54. The number of aromatic nitrogens is 5. The third kappa shape index (κ3) is 3.10. The molecule has 6 rings (SSSR count). The van der Waals surface area contributed by atoms with E-state index in [9.17, 15) is 18.0 Å². The van der Waals surface area contributed by atoms with E-state index in [1.807, 2.05) is 15.9 Å². The summed E-state index contributed by atoms with van der Waals surface area (Å²) in [4.78, 5) is 22.3. The minimum absolute atomic E-state index is 0.0323. The number of aromatic amines is 1. The molecule has 0 radical (unpaired) electrons. The second-order valence-electron chi connectivity index (χ2n) is 9.83. The van der Waals surface area contributed by atoms with Crippen molar-refractivity contribution >= 4 is 6.03 Å². The van der Waals surface area contributed by atoms with Crippen LogP contribution in [0.2, 0.25) is 0 Å². The van der Waals surface area contributed by atoms with Crippen molar-refractivity contribution in [3.05, 3.63) is 30.1 Å². The van der Waals surface area contributed by atoms with Gasteiger partial charge in [-0.2, -0.15) is 18.3 Å². The monoisotopic (exact) mass is 436 g/mol. The predicted molar refractivity (Wildman–Crippen MR) is 101 cm³/mol. The van der Waals surface area contributed by atoms with Crippen LogP contribution in [0, 0.1) is 10.8 Å². The Hall–Kier alpha value is -2.63. The van der Waals surface area contributed by atoms with Crippen molar-refractivity contribution in [1.29, 1.82) is 0 Å². The molecule has 0 aromatic carbocycles. The van der Waals surface area contributed by atoms with Crippen molar-refractivity contribution in [2.45, 2.75) is 31.6 Å². The van der Waals surface area contributed by atoms with Crippen LogP contribution in [0.25, 0.3) is 0 Å². The molecule has 2 aromatic rings. The number of amides is 2. The number of halogens is 3. The molecule has 2 aromatic heterocycles. The van der Waals surface area contributed by atoms with Crippen LogP contribution in [-0.2, 0) is 12.7 Å². The molecule has 9 nitrogen and oxygen atoms in total. The number of rotatable bonds is 3. The van der Waals surface area contributed by atoms with Crippen LogP contribution in [0.1, 0.15) is 30.4 Å². The number of carbonyl (C=O) groups is 1. The van der Waals surface area contributed by atoms with Crippen LogP contribution in [0.5, 0.6) is 0 Å². The zero-order valence-electron chi connectivity index (χ0n) is 16.8. The molecule has 3 saturated heterocycles. The zero-order valence-corrected chi connectivity index (χ0v) is 16.8. The van der Waals surface area contributed by atoms with Crippen LogP contribution < -0.4 is 0 Å². The number of alkyl halides is 3. The molecular weight excluding hydrogens is 413 g/mol. The third-order valence-electron chi connectivity index (χ3n) is 7.19. The van der Waals surface area contributed by atoms with E-state index in [-0.39, 0.29) is 22.9 Å². The van der Waals surface area contributed by atoms with Gasteiger partial charge in [0.05, 0.1) is 6.04 Å². The molecule has 2 spiro atoms. The van der Waals surface area contributed by atoms with E-state index >= 15 is 0 Å². The van der Waals surface area contributed by atoms with E-state index in [2.05, 4.69) is 25.2 Å². The number of likely N-dealkylation sites (tertiary alicyclic amines) is 3. The maximum absolute atomic E-state index is 12.7. The minimum Gasteiger partial charge on any atom is -0.323 e. The van der Waals surface area contributed by atoms with Gasteiger partial charge in [0.25, 0.3) is 5.82 Å². The van der Waals surface area contributed by atoms with Gasteiger partial charge >= 0.3 is 12.2 Å². The SMILES string of the molecule is O=C(N1CC2(CC(n3cnc(C(F)(F)F)n3)C2)C1)N1CC2(CN(Cc3ccn[nH]3)C2)C1. The summed E-state index contributed by atoms with van der Waals surface area (Å²) in [5, 5.41) is 10.5. The van der Waals surface area contributed by atoms with Crippen LogP contribution in [0.15, 0.2) is 18.6 Å². The maximum Gasteiger partial charge on any atom is 0.453 e. The Morgan fingerprint density at radius 2 is 1.77 bits per heavy atom. The summed E-state index contributed by atoms with van der Waals surface area (Å²) in [6.45, 7) is 5.82. The van der Waals surface area contributed by atoms with Crippen molar-refractivity contribution < 1.29 is 18.0 Å². The van der Waals surface area contributed by atoms with Crippen molar-refractivity contribution in [2.75, 3.05) is 39.3 Å². The van der Waals surface area contributed by atoms with E-state index in [1.165, 1.54) is 4.68 Å². The van der Waals surface area contributed by atoms with Crippen LogP contribution in [0.4, 0.5) is 18.0 Å². The lowest BCUT2D eigenvalue weighted by Gasteiger charge is -2.63. The first-order chi connectivity index (χ1) is 14.7. The van der Waals surface area contributed by atoms with E-state index in [1.54, 1.807) is 6.20 Å². The Balaban J connectivity index is 0.943. The summed E-state index contributed by atoms with van der Waals surface area (Å²) in [5.41, 5.74) is 1.38. The van der Waals surface area contributed by atoms with E-state index in [4.69, 9.17) is 0 Å². The molecule has 0 bridgehead atoms. The summed E-state index contributed by atoms with van der Waals surface area (Å²) in [7, 11) is 0. The van der Waals surface area contributed by atoms with Crippen molar-refractivity contribution in [3.8, 4) is 0 Å². The molecule has 4 fully saturated rings. The smallest absolute Gasteiger partial charge is 0.323 e. The first-order valence-electron chi connectivity index (χ1n) is 10.5. The number of carbonyl (C=O) groups excluding carboxylic acids is 1. The van der Waals surface area contributed by atoms with Crippen LogP contribution >= 0.6 is 0 Å². The van der Waals surface area contributed by atoms with Gasteiger partial charge in [-0.05, 0) is 18.9 Å². The van der Waals surface area contributed by atoms with Crippen LogP contribution in [0.3, 0.4) is 0 Å². The summed E-state index contributed by atoms with van der Waals surface area (Å²) in [6, 6.07) is 2.00. The predicted octanol–water partition coefficient (Wildman–Crippen LogP) is 1.59. The second kappa shape index (κ2) is 6.21. The number of H-pyrrole nitrogens is 1. The lowest BCUT2D eigenvalue weighted by Crippen LogP contribution is -2.75. The summed E-state index contributed by atoms with van der Waals surface area (Å²) in [6.07, 6.45) is -0.119. The van der Waals surface area contributed by atoms with Gasteiger partial charge in [0, 0.05) is 68.5 Å². The molecule has 0 unspecified atom stereocenters. The van der Waals surface area contributed by atoms with Gasteiger partial charge in [0.1, 0.15) is 6.33 Å². The normalized spacial score (nSPS) is 24.6. The molecule has 12 heteroatoms. The van der Waals surface area contributed by atoms with E-state index in [0.29, 0.717) is 13.1 Å². The molecule has 3 aliphatic heterocycles. The second-order valence-corrected chi connectivity index (χ2v) is 9.83. The summed E-state index contributed by atoms with van der Waals surface area (Å²) in [5.74, 6) is -1.09. The first kappa shape index (κ1) is 19.1. The topological polar surface area (TPSA) is 86.2 Å². The number of hydrogen-bond acceptors (Lipinski definition) is 5. The van der Waals surface area contributed by atoms with Crippen molar-refractivity contribution in [2.24, 2.45) is 10.8 Å². The molecule has 31 heavy (non-hydrogen) atoms. The average molecular weight is 436 g/mol. The van der Waals surface area contributed by atoms with Crippen LogP contribution in [-0.4, -0.2) is 85.0 Å². The Bertz CT molecular complexity index is 974. The number of hydrogen-bond donors (Lipinski definition) is 1. The standard InChI is InChI=1S/C19H23F3N8O/c20-19(21,22)15-23-12-30(26-15)14-3-17(4-14)8-28(9-17)16(31)29-10-18(11-29)6-27(7-18)5-13-1-2-24-25-13/h1-2,12,14H,3-11H2,(H,24,25). The highest BCUT2D eigenvalue weighted by Gasteiger charge is 2.58. The molecule has 5 heterocycles. The maximum atomic E-state index is 12.7. The van der Waals surface area contributed by atoms with Gasteiger partial charge in [0.2, 0.25) is 0 Å². The van der Waals surface area contributed by atoms with E-state index in [0.717, 1.165) is 57.6 Å². The number of nitrogens with zero attached hydrogens (tertiary/aromatic N) is 7. The molecule has 1 N–H and O–H groups in total. The molecular formula is C19H23F3N8O. The molecule has 166 valence electrons. The molecule has 2 amide bonds. The number of urea groups is 1. The highest BCUT2D eigenvalue weighted by molar-refractivity contribution is 5.77.